The minimum atomic E-state index is -0.567. The molecule has 1 atom stereocenters. The molecule has 1 aromatic heterocycles. The van der Waals surface area contributed by atoms with E-state index >= 15 is 0 Å². The Bertz CT molecular complexity index is 1790. The maximum absolute atomic E-state index is 13.7. The van der Waals surface area contributed by atoms with Crippen LogP contribution in [0.15, 0.2) is 90.2 Å². The number of piperazine rings is 1. The molecule has 9 nitrogen and oxygen atoms in total. The van der Waals surface area contributed by atoms with Crippen molar-refractivity contribution in [1.29, 1.82) is 0 Å². The molecule has 47 heavy (non-hydrogen) atoms. The quantitative estimate of drug-likeness (QED) is 0.294. The second-order valence-corrected chi connectivity index (χ2v) is 12.6. The summed E-state index contributed by atoms with van der Waals surface area (Å²) < 4.78 is 13.5. The van der Waals surface area contributed by atoms with Gasteiger partial charge >= 0.3 is 0 Å². The first-order chi connectivity index (χ1) is 22.9. The lowest BCUT2D eigenvalue weighted by molar-refractivity contribution is -0.133. The molecule has 0 radical (unpaired) electrons. The fourth-order valence-electron chi connectivity index (χ4n) is 6.88. The van der Waals surface area contributed by atoms with Crippen LogP contribution >= 0.6 is 0 Å². The van der Waals surface area contributed by atoms with Crippen LogP contribution in [0, 0.1) is 11.2 Å². The van der Waals surface area contributed by atoms with Crippen molar-refractivity contribution in [2.75, 3.05) is 56.0 Å². The Morgan fingerprint density at radius 2 is 1.62 bits per heavy atom. The number of nitrogens with zero attached hydrogens (tertiary/aromatic N) is 6. The van der Waals surface area contributed by atoms with Gasteiger partial charge in [0, 0.05) is 73.2 Å². The molecule has 0 spiro atoms. The normalized spacial score (nSPS) is 19.4. The summed E-state index contributed by atoms with van der Waals surface area (Å²) in [7, 11) is 0. The summed E-state index contributed by atoms with van der Waals surface area (Å²) in [5.41, 5.74) is 5.94. The Morgan fingerprint density at radius 3 is 2.34 bits per heavy atom. The molecule has 3 aliphatic rings. The number of likely N-dealkylation sites (tertiary alicyclic amines) is 1. The number of amides is 2. The third-order valence-electron chi connectivity index (χ3n) is 9.79. The average Bonchev–Trinajstić information content (AvgIpc) is 3.74. The van der Waals surface area contributed by atoms with Crippen molar-refractivity contribution in [1.82, 2.24) is 19.8 Å². The van der Waals surface area contributed by atoms with Gasteiger partial charge in [-0.1, -0.05) is 13.0 Å². The van der Waals surface area contributed by atoms with Crippen LogP contribution in [0.25, 0.3) is 11.4 Å². The molecular weight excluding hydrogens is 593 g/mol. The minimum absolute atomic E-state index is 0.0216. The lowest BCUT2D eigenvalue weighted by Crippen LogP contribution is -2.51. The predicted octanol–water partition coefficient (Wildman–Crippen LogP) is 5.02. The zero-order valence-corrected chi connectivity index (χ0v) is 26.5. The zero-order chi connectivity index (χ0) is 32.4. The largest absolute Gasteiger partial charge is 0.368 e. The summed E-state index contributed by atoms with van der Waals surface area (Å²) >= 11 is 0. The van der Waals surface area contributed by atoms with Crippen molar-refractivity contribution in [3.63, 3.8) is 0 Å². The van der Waals surface area contributed by atoms with E-state index < -0.39 is 5.41 Å². The van der Waals surface area contributed by atoms with Crippen LogP contribution in [0.3, 0.4) is 0 Å². The first kappa shape index (κ1) is 30.7. The van der Waals surface area contributed by atoms with E-state index in [4.69, 9.17) is 0 Å². The number of nitrogens with one attached hydrogen (secondary N) is 1. The molecule has 3 aromatic carbocycles. The molecule has 0 saturated carbocycles. The zero-order valence-electron chi connectivity index (χ0n) is 26.5. The van der Waals surface area contributed by atoms with E-state index in [1.807, 2.05) is 42.2 Å². The van der Waals surface area contributed by atoms with E-state index in [9.17, 15) is 14.0 Å². The van der Waals surface area contributed by atoms with E-state index in [0.717, 1.165) is 46.7 Å². The van der Waals surface area contributed by atoms with Crippen LogP contribution in [0.1, 0.15) is 36.5 Å². The van der Waals surface area contributed by atoms with Crippen LogP contribution < -0.4 is 10.2 Å². The highest BCUT2D eigenvalue weighted by molar-refractivity contribution is 6.15. The SMILES string of the molecule is CCC1(C(=O)Nc2ccc3c(c2)C(c2ccc(F)cc2)=NC3)CCN(CC(=O)N2CCN(c3ccc(-c4ncccn4)cc3)CC2)C1. The summed E-state index contributed by atoms with van der Waals surface area (Å²) in [6, 6.07) is 22.3. The smallest absolute Gasteiger partial charge is 0.236 e. The number of benzene rings is 3. The van der Waals surface area contributed by atoms with Gasteiger partial charge in [-0.25, -0.2) is 14.4 Å². The summed E-state index contributed by atoms with van der Waals surface area (Å²) in [6.07, 6.45) is 4.87. The van der Waals surface area contributed by atoms with Crippen molar-refractivity contribution in [3.8, 4) is 11.4 Å². The maximum Gasteiger partial charge on any atom is 0.236 e. The number of carbonyl (C=O) groups excluding carboxylic acids is 2. The Balaban J connectivity index is 0.927. The van der Waals surface area contributed by atoms with Gasteiger partial charge in [0.2, 0.25) is 11.8 Å². The summed E-state index contributed by atoms with van der Waals surface area (Å²) in [6.45, 7) is 7.04. The van der Waals surface area contributed by atoms with E-state index in [0.29, 0.717) is 63.6 Å². The van der Waals surface area contributed by atoms with E-state index in [1.165, 1.54) is 12.1 Å². The van der Waals surface area contributed by atoms with Crippen molar-refractivity contribution in [2.24, 2.45) is 10.4 Å². The van der Waals surface area contributed by atoms with Gasteiger partial charge in [0.15, 0.2) is 5.82 Å². The number of rotatable bonds is 8. The molecule has 3 aliphatic heterocycles. The summed E-state index contributed by atoms with van der Waals surface area (Å²) in [5, 5.41) is 3.17. The number of fused-ring (bicyclic) bond motifs is 1. The number of anilines is 2. The lowest BCUT2D eigenvalue weighted by Gasteiger charge is -2.37. The lowest BCUT2D eigenvalue weighted by atomic mass is 9.83. The van der Waals surface area contributed by atoms with E-state index in [2.05, 4.69) is 42.2 Å². The monoisotopic (exact) mass is 631 g/mol. The van der Waals surface area contributed by atoms with Crippen LogP contribution in [0.5, 0.6) is 0 Å². The third kappa shape index (κ3) is 6.38. The third-order valence-corrected chi connectivity index (χ3v) is 9.79. The molecule has 7 rings (SSSR count). The topological polar surface area (TPSA) is 94.0 Å². The molecule has 1 unspecified atom stereocenters. The summed E-state index contributed by atoms with van der Waals surface area (Å²) in [5.74, 6) is 0.508. The van der Waals surface area contributed by atoms with Crippen molar-refractivity contribution in [3.05, 3.63) is 108 Å². The van der Waals surface area contributed by atoms with Gasteiger partial charge < -0.3 is 15.1 Å². The highest BCUT2D eigenvalue weighted by Gasteiger charge is 2.44. The maximum atomic E-state index is 13.7. The van der Waals surface area contributed by atoms with Gasteiger partial charge in [-0.05, 0) is 91.7 Å². The van der Waals surface area contributed by atoms with Crippen molar-refractivity contribution in [2.45, 2.75) is 26.3 Å². The van der Waals surface area contributed by atoms with Crippen molar-refractivity contribution >= 4 is 28.9 Å². The highest BCUT2D eigenvalue weighted by Crippen LogP contribution is 2.36. The first-order valence-electron chi connectivity index (χ1n) is 16.3. The Kier molecular flexibility index (Phi) is 8.51. The van der Waals surface area contributed by atoms with Gasteiger partial charge in [-0.3, -0.25) is 19.5 Å². The van der Waals surface area contributed by atoms with Gasteiger partial charge in [0.1, 0.15) is 5.82 Å². The van der Waals surface area contributed by atoms with Gasteiger partial charge in [-0.15, -0.1) is 0 Å². The number of carbonyl (C=O) groups is 2. The molecule has 1 N–H and O–H groups in total. The highest BCUT2D eigenvalue weighted by atomic mass is 19.1. The molecule has 2 amide bonds. The van der Waals surface area contributed by atoms with Crippen LogP contribution in [0.2, 0.25) is 0 Å². The predicted molar refractivity (Wildman–Crippen MR) is 181 cm³/mol. The Hall–Kier alpha value is -4.96. The van der Waals surface area contributed by atoms with E-state index in [1.54, 1.807) is 30.6 Å². The van der Waals surface area contributed by atoms with Crippen LogP contribution in [0.4, 0.5) is 15.8 Å². The van der Waals surface area contributed by atoms with Crippen LogP contribution in [-0.2, 0) is 16.1 Å². The van der Waals surface area contributed by atoms with Gasteiger partial charge in [0.05, 0.1) is 24.2 Å². The van der Waals surface area contributed by atoms with Crippen LogP contribution in [-0.4, -0.2) is 83.1 Å². The Labute approximate surface area is 274 Å². The molecule has 2 saturated heterocycles. The second kappa shape index (κ2) is 13.0. The van der Waals surface area contributed by atoms with Gasteiger partial charge in [-0.2, -0.15) is 0 Å². The number of hydrogen-bond donors (Lipinski definition) is 1. The molecule has 4 heterocycles. The van der Waals surface area contributed by atoms with Gasteiger partial charge in [0.25, 0.3) is 0 Å². The first-order valence-corrected chi connectivity index (χ1v) is 16.3. The van der Waals surface area contributed by atoms with Crippen molar-refractivity contribution < 1.29 is 14.0 Å². The molecule has 10 heteroatoms. The number of aromatic nitrogens is 2. The second-order valence-electron chi connectivity index (χ2n) is 12.6. The van der Waals surface area contributed by atoms with E-state index in [-0.39, 0.29) is 17.6 Å². The number of halogens is 1. The summed E-state index contributed by atoms with van der Waals surface area (Å²) in [4.78, 5) is 46.8. The molecule has 2 fully saturated rings. The fourth-order valence-corrected chi connectivity index (χ4v) is 6.88. The Morgan fingerprint density at radius 1 is 0.894 bits per heavy atom. The molecular formula is C37H38FN7O2. The fraction of sp³-hybridized carbons (Fsp3) is 0.324. The average molecular weight is 632 g/mol. The molecule has 4 aromatic rings. The number of aliphatic imine (C=N–C) groups is 1. The molecule has 240 valence electrons. The standard InChI is InChI=1S/C37H38FN7O2/c1-2-37(36(47)42-30-11-6-28-23-41-34(32(28)22-30)26-4-9-29(38)10-5-26)14-17-43(25-37)24-33(46)45-20-18-44(19-21-45)31-12-7-27(8-13-31)35-39-15-3-16-40-35/h3-13,15-16,22H,2,14,17-21,23-25H2,1H3,(H,42,47). The number of hydrogen-bond acceptors (Lipinski definition) is 7. The molecule has 0 aliphatic carbocycles. The minimum Gasteiger partial charge on any atom is -0.368 e. The molecule has 0 bridgehead atoms.